The molecule has 0 amide bonds. The summed E-state index contributed by atoms with van der Waals surface area (Å²) in [6.07, 6.45) is 0. The summed E-state index contributed by atoms with van der Waals surface area (Å²) in [4.78, 5) is 11.3. The number of halogens is 2. The molecule has 0 saturated carbocycles. The molecule has 0 atom stereocenters. The number of alkyl halides is 1. The maximum absolute atomic E-state index is 12.8. The van der Waals surface area contributed by atoms with Gasteiger partial charge in [-0.1, -0.05) is 36.4 Å². The lowest BCUT2D eigenvalue weighted by Gasteiger charge is -2.03. The average Bonchev–Trinajstić information content (AvgIpc) is 2.39. The molecule has 86 valence electrons. The molecule has 1 nitrogen and oxygen atoms in total. The van der Waals surface area contributed by atoms with Gasteiger partial charge in [0.2, 0.25) is 0 Å². The SMILES string of the molecule is O=C(CCl)c1ccc(-c2ccc(F)cc2)cc1. The summed E-state index contributed by atoms with van der Waals surface area (Å²) in [6.45, 7) is 0. The van der Waals surface area contributed by atoms with Crippen LogP contribution < -0.4 is 0 Å². The van der Waals surface area contributed by atoms with E-state index in [0.29, 0.717) is 5.56 Å². The second-order valence-corrected chi connectivity index (χ2v) is 3.91. The minimum Gasteiger partial charge on any atom is -0.293 e. The molecule has 0 heterocycles. The van der Waals surface area contributed by atoms with Crippen molar-refractivity contribution in [1.29, 1.82) is 0 Å². The molecule has 0 N–H and O–H groups in total. The zero-order valence-corrected chi connectivity index (χ0v) is 9.75. The smallest absolute Gasteiger partial charge is 0.177 e. The molecule has 2 aromatic carbocycles. The maximum atomic E-state index is 12.8. The van der Waals surface area contributed by atoms with Crippen molar-refractivity contribution < 1.29 is 9.18 Å². The quantitative estimate of drug-likeness (QED) is 0.594. The molecule has 0 unspecified atom stereocenters. The van der Waals surface area contributed by atoms with Crippen molar-refractivity contribution in [3.63, 3.8) is 0 Å². The van der Waals surface area contributed by atoms with Crippen molar-refractivity contribution in [2.24, 2.45) is 0 Å². The highest BCUT2D eigenvalue weighted by Gasteiger charge is 2.04. The molecule has 0 saturated heterocycles. The summed E-state index contributed by atoms with van der Waals surface area (Å²) in [5.41, 5.74) is 2.44. The van der Waals surface area contributed by atoms with Crippen LogP contribution in [0.2, 0.25) is 0 Å². The van der Waals surface area contributed by atoms with Gasteiger partial charge >= 0.3 is 0 Å². The maximum Gasteiger partial charge on any atom is 0.177 e. The largest absolute Gasteiger partial charge is 0.293 e. The standard InChI is InChI=1S/C14H10ClFO/c15-9-14(17)12-3-1-10(2-4-12)11-5-7-13(16)8-6-11/h1-8H,9H2. The zero-order chi connectivity index (χ0) is 12.3. The van der Waals surface area contributed by atoms with Gasteiger partial charge in [0, 0.05) is 5.56 Å². The van der Waals surface area contributed by atoms with Crippen molar-refractivity contribution in [3.8, 4) is 11.1 Å². The number of benzene rings is 2. The Morgan fingerprint density at radius 2 is 1.41 bits per heavy atom. The minimum absolute atomic E-state index is 0.0180. The van der Waals surface area contributed by atoms with Gasteiger partial charge in [-0.05, 0) is 23.3 Å². The Kier molecular flexibility index (Phi) is 3.55. The molecular formula is C14H10ClFO. The summed E-state index contributed by atoms with van der Waals surface area (Å²) in [5.74, 6) is -0.379. The van der Waals surface area contributed by atoms with E-state index in [2.05, 4.69) is 0 Å². The molecule has 0 radical (unpaired) electrons. The summed E-state index contributed by atoms with van der Waals surface area (Å²) in [7, 11) is 0. The van der Waals surface area contributed by atoms with Crippen LogP contribution in [0, 0.1) is 5.82 Å². The Balaban J connectivity index is 2.29. The van der Waals surface area contributed by atoms with Crippen LogP contribution in [0.5, 0.6) is 0 Å². The van der Waals surface area contributed by atoms with Crippen molar-refractivity contribution in [2.75, 3.05) is 5.88 Å². The third kappa shape index (κ3) is 2.71. The van der Waals surface area contributed by atoms with E-state index in [0.717, 1.165) is 11.1 Å². The van der Waals surface area contributed by atoms with Crippen LogP contribution in [0.4, 0.5) is 4.39 Å². The van der Waals surface area contributed by atoms with Crippen LogP contribution in [-0.4, -0.2) is 11.7 Å². The molecule has 17 heavy (non-hydrogen) atoms. The average molecular weight is 249 g/mol. The fourth-order valence-corrected chi connectivity index (χ4v) is 1.72. The van der Waals surface area contributed by atoms with E-state index in [1.807, 2.05) is 12.1 Å². The molecule has 0 bridgehead atoms. The van der Waals surface area contributed by atoms with E-state index in [1.165, 1.54) is 12.1 Å². The fraction of sp³-hybridized carbons (Fsp3) is 0.0714. The highest BCUT2D eigenvalue weighted by molar-refractivity contribution is 6.30. The van der Waals surface area contributed by atoms with Crippen LogP contribution >= 0.6 is 11.6 Å². The molecule has 2 rings (SSSR count). The van der Waals surface area contributed by atoms with Crippen molar-refractivity contribution in [2.45, 2.75) is 0 Å². The Labute approximate surface area is 104 Å². The van der Waals surface area contributed by atoms with Gasteiger partial charge in [0.05, 0.1) is 5.88 Å². The highest BCUT2D eigenvalue weighted by Crippen LogP contribution is 2.20. The first-order valence-corrected chi connectivity index (χ1v) is 5.69. The minimum atomic E-state index is -0.261. The van der Waals surface area contributed by atoms with E-state index >= 15 is 0 Å². The fourth-order valence-electron chi connectivity index (χ4n) is 1.57. The molecule has 2 aromatic rings. The molecule has 3 heteroatoms. The predicted octanol–water partition coefficient (Wildman–Crippen LogP) is 3.91. The molecule has 0 spiro atoms. The van der Waals surface area contributed by atoms with E-state index in [1.54, 1.807) is 24.3 Å². The van der Waals surface area contributed by atoms with Crippen molar-refractivity contribution in [3.05, 3.63) is 59.9 Å². The number of hydrogen-bond acceptors (Lipinski definition) is 1. The van der Waals surface area contributed by atoms with Crippen LogP contribution in [0.1, 0.15) is 10.4 Å². The number of ketones is 1. The van der Waals surface area contributed by atoms with Crippen molar-refractivity contribution >= 4 is 17.4 Å². The van der Waals surface area contributed by atoms with Gasteiger partial charge in [0.15, 0.2) is 5.78 Å². The van der Waals surface area contributed by atoms with E-state index < -0.39 is 0 Å². The molecule has 0 aliphatic carbocycles. The molecule has 0 aliphatic heterocycles. The summed E-state index contributed by atoms with van der Waals surface area (Å²) in [6, 6.07) is 13.3. The van der Waals surface area contributed by atoms with Crippen molar-refractivity contribution in [1.82, 2.24) is 0 Å². The molecule has 0 aromatic heterocycles. The monoisotopic (exact) mass is 248 g/mol. The number of carbonyl (C=O) groups excluding carboxylic acids is 1. The normalized spacial score (nSPS) is 10.2. The first kappa shape index (κ1) is 11.8. The third-order valence-electron chi connectivity index (χ3n) is 2.51. The zero-order valence-electron chi connectivity index (χ0n) is 8.99. The number of hydrogen-bond donors (Lipinski definition) is 0. The van der Waals surface area contributed by atoms with Crippen LogP contribution in [-0.2, 0) is 0 Å². The van der Waals surface area contributed by atoms with Gasteiger partial charge in [-0.3, -0.25) is 4.79 Å². The van der Waals surface area contributed by atoms with Gasteiger partial charge in [-0.2, -0.15) is 0 Å². The summed E-state index contributed by atoms with van der Waals surface area (Å²) < 4.78 is 12.8. The van der Waals surface area contributed by atoms with E-state index in [9.17, 15) is 9.18 Å². The van der Waals surface area contributed by atoms with Crippen LogP contribution in [0.15, 0.2) is 48.5 Å². The molecule has 0 aliphatic rings. The van der Waals surface area contributed by atoms with Crippen LogP contribution in [0.3, 0.4) is 0 Å². The Bertz CT molecular complexity index is 517. The van der Waals surface area contributed by atoms with Gasteiger partial charge in [-0.15, -0.1) is 11.6 Å². The van der Waals surface area contributed by atoms with Gasteiger partial charge in [0.25, 0.3) is 0 Å². The molecule has 0 fully saturated rings. The predicted molar refractivity (Wildman–Crippen MR) is 66.9 cm³/mol. The first-order chi connectivity index (χ1) is 8.20. The van der Waals surface area contributed by atoms with Crippen LogP contribution in [0.25, 0.3) is 11.1 Å². The highest BCUT2D eigenvalue weighted by atomic mass is 35.5. The second kappa shape index (κ2) is 5.11. The topological polar surface area (TPSA) is 17.1 Å². The Morgan fingerprint density at radius 1 is 0.941 bits per heavy atom. The number of Topliss-reactive ketones (excluding diaryl/α,β-unsaturated/α-hetero) is 1. The van der Waals surface area contributed by atoms with Gasteiger partial charge in [-0.25, -0.2) is 4.39 Å². The number of carbonyl (C=O) groups is 1. The lowest BCUT2D eigenvalue weighted by molar-refractivity contribution is 0.102. The Morgan fingerprint density at radius 3 is 1.88 bits per heavy atom. The van der Waals surface area contributed by atoms with Gasteiger partial charge in [0.1, 0.15) is 5.82 Å². The summed E-state index contributed by atoms with van der Waals surface area (Å²) in [5, 5.41) is 0. The second-order valence-electron chi connectivity index (χ2n) is 3.64. The lowest BCUT2D eigenvalue weighted by atomic mass is 10.0. The lowest BCUT2D eigenvalue weighted by Crippen LogP contribution is -1.99. The van der Waals surface area contributed by atoms with E-state index in [-0.39, 0.29) is 17.5 Å². The summed E-state index contributed by atoms with van der Waals surface area (Å²) >= 11 is 5.47. The van der Waals surface area contributed by atoms with E-state index in [4.69, 9.17) is 11.6 Å². The van der Waals surface area contributed by atoms with Gasteiger partial charge < -0.3 is 0 Å². The third-order valence-corrected chi connectivity index (χ3v) is 2.75. The molecular weight excluding hydrogens is 239 g/mol. The first-order valence-electron chi connectivity index (χ1n) is 5.16. The number of rotatable bonds is 3. The Hall–Kier alpha value is -1.67.